The molecule has 0 aromatic heterocycles. The molecule has 18 aliphatic rings. The molecule has 0 amide bonds. The maximum absolute atomic E-state index is 11.5. The zero-order valence-electron chi connectivity index (χ0n) is 69.4. The molecule has 18 heterocycles. The summed E-state index contributed by atoms with van der Waals surface area (Å²) in [6.45, 7) is 30.8. The molecular formula is C86H134O28. The molecule has 28 nitrogen and oxygen atoms in total. The van der Waals surface area contributed by atoms with Gasteiger partial charge in [0.1, 0.15) is 0 Å². The van der Waals surface area contributed by atoms with Crippen molar-refractivity contribution in [2.45, 2.75) is 378 Å². The molecule has 0 spiro atoms. The van der Waals surface area contributed by atoms with Crippen LogP contribution in [-0.2, 0) is 90.4 Å². The first kappa shape index (κ1) is 87.5. The maximum Gasteiger partial charge on any atom is 0.312 e. The SMILES string of the molecule is CCC1OC(CC)C2C1C1CC(C)(C(=O)O)C2O1.CCC1OC(CC)C2C3OC(C(C(=O)O)C3C(=O)O)C12.CCC1OC(CC)C2C3OC(C(C)C3C(=O)O)C12.CCC1OC(CC)C2C3OC(CC3C(=O)O)C12.CCC1OC(CC)C2C3OC(CC3C(C)(O)CC(=O)O)C12.CCC1OC(CC)C2C3OC(CC3C(O)CC(=O)O)C12. The zero-order valence-corrected chi connectivity index (χ0v) is 69.4. The third-order valence-electron chi connectivity index (χ3n) is 31.7. The average molecular weight is 1620 g/mol. The molecule has 646 valence electrons. The molecule has 46 unspecified atom stereocenters. The van der Waals surface area contributed by atoms with Crippen LogP contribution in [0.2, 0.25) is 0 Å². The summed E-state index contributed by atoms with van der Waals surface area (Å²) in [4.78, 5) is 78.9. The topological polar surface area (TPSA) is 412 Å². The lowest BCUT2D eigenvalue weighted by molar-refractivity contribution is -0.155. The smallest absolute Gasteiger partial charge is 0.312 e. The summed E-state index contributed by atoms with van der Waals surface area (Å²) in [5.74, 6) is -5.10. The van der Waals surface area contributed by atoms with Crippen molar-refractivity contribution in [3.63, 3.8) is 0 Å². The first-order valence-electron chi connectivity index (χ1n) is 44.1. The summed E-state index contributed by atoms with van der Waals surface area (Å²) in [6, 6.07) is 0. The molecule has 28 heteroatoms. The lowest BCUT2D eigenvalue weighted by atomic mass is 9.64. The van der Waals surface area contributed by atoms with Gasteiger partial charge in [-0.25, -0.2) is 0 Å². The van der Waals surface area contributed by atoms with Gasteiger partial charge in [0, 0.05) is 82.9 Å². The molecule has 0 radical (unpaired) electrons. The van der Waals surface area contributed by atoms with Crippen LogP contribution in [0.3, 0.4) is 0 Å². The highest BCUT2D eigenvalue weighted by molar-refractivity contribution is 5.82. The third-order valence-corrected chi connectivity index (χ3v) is 31.7. The molecule has 0 saturated carbocycles. The fourth-order valence-electron chi connectivity index (χ4n) is 27.2. The van der Waals surface area contributed by atoms with Crippen LogP contribution in [0, 0.1) is 118 Å². The second kappa shape index (κ2) is 34.7. The van der Waals surface area contributed by atoms with Crippen LogP contribution in [0.5, 0.6) is 0 Å². The van der Waals surface area contributed by atoms with E-state index in [1.165, 1.54) is 0 Å². The van der Waals surface area contributed by atoms with E-state index in [-0.39, 0.29) is 194 Å². The first-order valence-corrected chi connectivity index (χ1v) is 44.1. The van der Waals surface area contributed by atoms with E-state index in [1.54, 1.807) is 6.92 Å². The summed E-state index contributed by atoms with van der Waals surface area (Å²) in [5.41, 5.74) is -1.93. The number of hydrogen-bond acceptors (Lipinski definition) is 21. The predicted molar refractivity (Wildman–Crippen MR) is 405 cm³/mol. The van der Waals surface area contributed by atoms with Crippen molar-refractivity contribution in [1.29, 1.82) is 0 Å². The molecule has 9 N–H and O–H groups in total. The lowest BCUT2D eigenvalue weighted by Gasteiger charge is -2.38. The number of carboxylic acids is 7. The minimum Gasteiger partial charge on any atom is -0.481 e. The Bertz CT molecular complexity index is 3370. The molecule has 0 aromatic carbocycles. The monoisotopic (exact) mass is 1610 g/mol. The van der Waals surface area contributed by atoms with Crippen LogP contribution < -0.4 is 0 Å². The molecule has 18 saturated heterocycles. The molecule has 18 fully saturated rings. The van der Waals surface area contributed by atoms with Crippen LogP contribution in [0.15, 0.2) is 0 Å². The fraction of sp³-hybridized carbons (Fsp3) is 0.919. The Labute approximate surface area is 670 Å². The Balaban J connectivity index is 0.000000120. The Hall–Kier alpha value is -4.27. The highest BCUT2D eigenvalue weighted by atomic mass is 16.6. The number of aliphatic hydroxyl groups excluding tert-OH is 1. The van der Waals surface area contributed by atoms with Crippen LogP contribution in [0.1, 0.15) is 219 Å². The Morgan fingerprint density at radius 1 is 0.360 bits per heavy atom. The van der Waals surface area contributed by atoms with Crippen LogP contribution in [0.4, 0.5) is 0 Å². The van der Waals surface area contributed by atoms with Gasteiger partial charge in [0.2, 0.25) is 0 Å². The largest absolute Gasteiger partial charge is 0.481 e. The van der Waals surface area contributed by atoms with Gasteiger partial charge in [0.05, 0.1) is 200 Å². The Morgan fingerprint density at radius 2 is 0.684 bits per heavy atom. The molecule has 46 atom stereocenters. The minimum absolute atomic E-state index is 0.0171. The van der Waals surface area contributed by atoms with Crippen molar-refractivity contribution in [3.05, 3.63) is 0 Å². The van der Waals surface area contributed by atoms with E-state index in [4.69, 9.17) is 67.1 Å². The van der Waals surface area contributed by atoms with E-state index in [1.807, 2.05) is 27.7 Å². The molecule has 12 bridgehead atoms. The van der Waals surface area contributed by atoms with Gasteiger partial charge in [-0.3, -0.25) is 33.6 Å². The second-order valence-electron chi connectivity index (χ2n) is 37.1. The van der Waals surface area contributed by atoms with Crippen molar-refractivity contribution >= 4 is 41.8 Å². The van der Waals surface area contributed by atoms with E-state index in [0.717, 1.165) is 89.9 Å². The quantitative estimate of drug-likeness (QED) is 0.0459. The summed E-state index contributed by atoms with van der Waals surface area (Å²) < 4.78 is 72.6. The van der Waals surface area contributed by atoms with Crippen molar-refractivity contribution in [2.24, 2.45) is 118 Å². The second-order valence-corrected chi connectivity index (χ2v) is 37.1. The zero-order chi connectivity index (χ0) is 82.7. The summed E-state index contributed by atoms with van der Waals surface area (Å²) in [5, 5.41) is 85.4. The number of rotatable bonds is 23. The summed E-state index contributed by atoms with van der Waals surface area (Å²) >= 11 is 0. The highest BCUT2D eigenvalue weighted by Crippen LogP contribution is 2.64. The third kappa shape index (κ3) is 14.8. The molecule has 0 aliphatic carbocycles. The average Bonchev–Trinajstić information content (AvgIpc) is 1.50. The van der Waals surface area contributed by atoms with E-state index in [0.29, 0.717) is 66.1 Å². The Kier molecular flexibility index (Phi) is 26.6. The number of aliphatic carboxylic acids is 7. The van der Waals surface area contributed by atoms with Gasteiger partial charge in [-0.2, -0.15) is 0 Å². The molecule has 18 rings (SSSR count). The maximum atomic E-state index is 11.5. The number of carbonyl (C=O) groups is 7. The molecule has 18 aliphatic heterocycles. The number of carboxylic acid groups (broad SMARTS) is 7. The van der Waals surface area contributed by atoms with Gasteiger partial charge < -0.3 is 103 Å². The summed E-state index contributed by atoms with van der Waals surface area (Å²) in [7, 11) is 0. The van der Waals surface area contributed by atoms with Gasteiger partial charge in [0.25, 0.3) is 0 Å². The van der Waals surface area contributed by atoms with E-state index in [2.05, 4.69) is 69.2 Å². The van der Waals surface area contributed by atoms with Gasteiger partial charge >= 0.3 is 41.8 Å². The number of fused-ring (bicyclic) bond motifs is 30. The molecule has 0 aromatic rings. The van der Waals surface area contributed by atoms with Crippen LogP contribution in [0.25, 0.3) is 0 Å². The van der Waals surface area contributed by atoms with Gasteiger partial charge in [-0.15, -0.1) is 0 Å². The molecular weight excluding hydrogens is 1480 g/mol. The number of aliphatic hydroxyl groups is 2. The number of ether oxygens (including phenoxy) is 12. The van der Waals surface area contributed by atoms with Crippen molar-refractivity contribution in [2.75, 3.05) is 0 Å². The van der Waals surface area contributed by atoms with Crippen LogP contribution in [-0.4, -0.2) is 246 Å². The first-order chi connectivity index (χ1) is 54.2. The Morgan fingerprint density at radius 3 is 1.07 bits per heavy atom. The van der Waals surface area contributed by atoms with E-state index in [9.17, 15) is 69.3 Å². The van der Waals surface area contributed by atoms with Crippen molar-refractivity contribution < 1.29 is 136 Å². The van der Waals surface area contributed by atoms with E-state index < -0.39 is 82.9 Å². The highest BCUT2D eigenvalue weighted by Gasteiger charge is 2.73. The predicted octanol–water partition coefficient (Wildman–Crippen LogP) is 9.91. The van der Waals surface area contributed by atoms with Gasteiger partial charge in [-0.1, -0.05) is 90.0 Å². The normalized spacial score (nSPS) is 50.4. The lowest BCUT2D eigenvalue weighted by Crippen LogP contribution is -2.48. The number of hydrogen-bond donors (Lipinski definition) is 9. The summed E-state index contributed by atoms with van der Waals surface area (Å²) in [6.07, 6.45) is 14.1. The molecule has 114 heavy (non-hydrogen) atoms. The standard InChI is InChI=1S/C16H26O5.C15H24O5.C14H20O6.2C14H22O4.C13H20O4/c1-4-9-13-11-6-8(16(3,19)7-12(17)18)15(21-11)14(13)10(5-2)20-9;1-3-9-13-11-5-7(8(16)6-12(17)18)15(20-11)14(13)10(4-2)19-9;1-3-5-7-8(6(4-2)19-5)12-10(14(17)18)9(13(15)16)11(7)20-12;1-4-7-10-9-6-14(3,13(15)16)12(18-9)11(10)8(5-2)17-7;1-4-7-10-11(8(5-2)17-7)13-9(14(15)16)6(3)12(10)18-13;1-3-7-10-9-5-6(13(14)15)12(17-9)11(10)8(4-2)16-7/h8-11,13-15,19H,4-7H2,1-3H3,(H,17,18);7-11,13-16H,3-6H2,1-2H3,(H,17,18);5-12H,3-4H2,1-2H3,(H,15,16)(H,17,18);7-12H,4-6H2,1-3H3,(H,15,16);6-13H,4-5H2,1-3H3,(H,15,16);6-12H,3-5H2,1-2H3,(H,14,15). The van der Waals surface area contributed by atoms with Gasteiger partial charge in [-0.05, 0) is 122 Å². The van der Waals surface area contributed by atoms with Crippen molar-refractivity contribution in [1.82, 2.24) is 0 Å². The minimum atomic E-state index is -1.21. The fourth-order valence-corrected chi connectivity index (χ4v) is 27.2. The van der Waals surface area contributed by atoms with Crippen molar-refractivity contribution in [3.8, 4) is 0 Å². The van der Waals surface area contributed by atoms with Gasteiger partial charge in [0.15, 0.2) is 0 Å². The van der Waals surface area contributed by atoms with Crippen LogP contribution >= 0.6 is 0 Å². The van der Waals surface area contributed by atoms with E-state index >= 15 is 0 Å².